The van der Waals surface area contributed by atoms with E-state index in [1.807, 2.05) is 0 Å². The highest BCUT2D eigenvalue weighted by molar-refractivity contribution is 5.73. The molecule has 0 unspecified atom stereocenters. The number of aromatic nitrogens is 6. The van der Waals surface area contributed by atoms with Gasteiger partial charge in [-0.15, -0.1) is 0 Å². The Morgan fingerprint density at radius 3 is 2.49 bits per heavy atom. The topological polar surface area (TPSA) is 129 Å². The van der Waals surface area contributed by atoms with Crippen molar-refractivity contribution in [3.05, 3.63) is 69.6 Å². The summed E-state index contributed by atoms with van der Waals surface area (Å²) < 4.78 is 45.8. The van der Waals surface area contributed by atoms with Crippen molar-refractivity contribution in [2.75, 3.05) is 10.6 Å². The molecule has 1 saturated carbocycles. The largest absolute Gasteiger partial charge is 0.432 e. The maximum absolute atomic E-state index is 15.0. The fraction of sp³-hybridized carbons (Fsp3) is 0.304. The molecule has 2 atom stereocenters. The minimum atomic E-state index is -2.96. The number of ether oxygens (including phenoxy) is 1. The van der Waals surface area contributed by atoms with Gasteiger partial charge in [-0.25, -0.2) is 33.7 Å². The van der Waals surface area contributed by atoms with Crippen LogP contribution in [0.25, 0.3) is 16.7 Å². The fourth-order valence-corrected chi connectivity index (χ4v) is 4.34. The molecule has 0 bridgehead atoms. The van der Waals surface area contributed by atoms with E-state index in [9.17, 15) is 22.8 Å². The van der Waals surface area contributed by atoms with Crippen LogP contribution in [0.4, 0.5) is 24.9 Å². The lowest BCUT2D eigenvalue weighted by atomic mass is 10.2. The average Bonchev–Trinajstić information content (AvgIpc) is 3.32. The number of fused-ring (bicyclic) bond motifs is 1. The van der Waals surface area contributed by atoms with Crippen molar-refractivity contribution < 1.29 is 17.9 Å². The lowest BCUT2D eigenvalue weighted by Gasteiger charge is -2.16. The van der Waals surface area contributed by atoms with Gasteiger partial charge >= 0.3 is 12.3 Å². The quantitative estimate of drug-likeness (QED) is 0.382. The number of hydrogen-bond donors (Lipinski definition) is 2. The van der Waals surface area contributed by atoms with E-state index in [2.05, 4.69) is 35.3 Å². The lowest BCUT2D eigenvalue weighted by Crippen LogP contribution is -2.38. The third-order valence-electron chi connectivity index (χ3n) is 6.06. The Balaban J connectivity index is 1.28. The number of rotatable bonds is 7. The smallest absolute Gasteiger partial charge is 0.387 e. The van der Waals surface area contributed by atoms with Gasteiger partial charge < -0.3 is 15.4 Å². The van der Waals surface area contributed by atoms with Gasteiger partial charge in [0.1, 0.15) is 5.65 Å². The molecule has 37 heavy (non-hydrogen) atoms. The highest BCUT2D eigenvalue weighted by Gasteiger charge is 2.26. The summed E-state index contributed by atoms with van der Waals surface area (Å²) in [6.45, 7) is -2.96. The van der Waals surface area contributed by atoms with Gasteiger partial charge in [-0.1, -0.05) is 0 Å². The molecular formula is C23H21F3N8O3. The summed E-state index contributed by atoms with van der Waals surface area (Å²) in [6.07, 6.45) is 7.06. The number of hydrogen-bond acceptors (Lipinski definition) is 9. The fourth-order valence-electron chi connectivity index (χ4n) is 4.34. The maximum Gasteiger partial charge on any atom is 0.387 e. The number of alkyl halides is 2. The summed E-state index contributed by atoms with van der Waals surface area (Å²) in [6, 6.07) is 4.06. The van der Waals surface area contributed by atoms with Crippen molar-refractivity contribution in [1.82, 2.24) is 29.1 Å². The van der Waals surface area contributed by atoms with Crippen LogP contribution in [0, 0.1) is 5.82 Å². The van der Waals surface area contributed by atoms with Gasteiger partial charge in [0.25, 0.3) is 5.56 Å². The van der Waals surface area contributed by atoms with Crippen LogP contribution in [0.15, 0.2) is 52.6 Å². The van der Waals surface area contributed by atoms with E-state index >= 15 is 0 Å². The summed E-state index contributed by atoms with van der Waals surface area (Å²) in [5.41, 5.74) is -1.05. The number of pyridine rings is 2. The molecule has 4 aromatic rings. The van der Waals surface area contributed by atoms with Crippen LogP contribution in [0.2, 0.25) is 0 Å². The van der Waals surface area contributed by atoms with Crippen LogP contribution < -0.4 is 26.6 Å². The van der Waals surface area contributed by atoms with Crippen LogP contribution in [-0.2, 0) is 7.05 Å². The summed E-state index contributed by atoms with van der Waals surface area (Å²) in [5, 5.41) is 6.39. The Labute approximate surface area is 207 Å². The minimum Gasteiger partial charge on any atom is -0.432 e. The standard InChI is InChI=1S/C23H21F3N8O3/c1-33-19-16(3-2-6-27-19)20(35)34(23(33)36)14-8-17(24)18(28-9-14)31-12-4-5-13(7-12)32-22-29-10-15(11-30-22)37-21(25)26/h2-3,6,8-13,21H,4-5,7H2,1H3,(H,28,31)(H,29,30,32)/t12-,13-/m0/s1. The Morgan fingerprint density at radius 1 is 1.05 bits per heavy atom. The molecule has 0 saturated heterocycles. The molecule has 0 aliphatic heterocycles. The summed E-state index contributed by atoms with van der Waals surface area (Å²) in [7, 11) is 1.48. The molecule has 4 aromatic heterocycles. The van der Waals surface area contributed by atoms with Crippen LogP contribution in [-0.4, -0.2) is 47.8 Å². The molecule has 4 heterocycles. The van der Waals surface area contributed by atoms with E-state index in [0.717, 1.165) is 29.4 Å². The Morgan fingerprint density at radius 2 is 1.78 bits per heavy atom. The lowest BCUT2D eigenvalue weighted by molar-refractivity contribution is -0.0503. The molecule has 0 amide bonds. The number of nitrogens with zero attached hydrogens (tertiary/aromatic N) is 6. The number of anilines is 2. The van der Waals surface area contributed by atoms with E-state index in [-0.39, 0.29) is 46.3 Å². The summed E-state index contributed by atoms with van der Waals surface area (Å²) >= 11 is 0. The number of aryl methyl sites for hydroxylation is 1. The molecule has 14 heteroatoms. The van der Waals surface area contributed by atoms with Crippen molar-refractivity contribution in [3.63, 3.8) is 0 Å². The molecule has 0 spiro atoms. The molecule has 192 valence electrons. The van der Waals surface area contributed by atoms with E-state index < -0.39 is 23.7 Å². The Bertz CT molecular complexity index is 1560. The van der Waals surface area contributed by atoms with E-state index in [0.29, 0.717) is 12.8 Å². The van der Waals surface area contributed by atoms with Gasteiger partial charge in [0.05, 0.1) is 29.7 Å². The van der Waals surface area contributed by atoms with Crippen molar-refractivity contribution >= 4 is 22.8 Å². The summed E-state index contributed by atoms with van der Waals surface area (Å²) in [4.78, 5) is 41.8. The van der Waals surface area contributed by atoms with Crippen LogP contribution in [0.1, 0.15) is 19.3 Å². The number of nitrogens with one attached hydrogen (secondary N) is 2. The zero-order chi connectivity index (χ0) is 26.1. The second-order valence-electron chi connectivity index (χ2n) is 8.50. The van der Waals surface area contributed by atoms with Crippen LogP contribution >= 0.6 is 0 Å². The Hall–Kier alpha value is -4.49. The second-order valence-corrected chi connectivity index (χ2v) is 8.50. The SMILES string of the molecule is Cn1c(=O)n(-c2cnc(N[C@H]3CC[C@H](Nc4ncc(OC(F)F)cn4)C3)c(F)c2)c(=O)c2cccnc21. The second kappa shape index (κ2) is 9.87. The van der Waals surface area contributed by atoms with E-state index in [1.165, 1.54) is 24.0 Å². The third-order valence-corrected chi connectivity index (χ3v) is 6.06. The van der Waals surface area contributed by atoms with Crippen LogP contribution in [0.5, 0.6) is 5.75 Å². The predicted molar refractivity (Wildman–Crippen MR) is 128 cm³/mol. The molecule has 11 nitrogen and oxygen atoms in total. The van der Waals surface area contributed by atoms with E-state index in [1.54, 1.807) is 12.1 Å². The predicted octanol–water partition coefficient (Wildman–Crippen LogP) is 2.46. The van der Waals surface area contributed by atoms with Crippen LogP contribution in [0.3, 0.4) is 0 Å². The normalized spacial score (nSPS) is 17.3. The van der Waals surface area contributed by atoms with Gasteiger partial charge in [0, 0.05) is 31.4 Å². The first kappa shape index (κ1) is 24.2. The van der Waals surface area contributed by atoms with Crippen molar-refractivity contribution in [2.45, 2.75) is 38.0 Å². The summed E-state index contributed by atoms with van der Waals surface area (Å²) in [5.74, 6) is -0.603. The van der Waals surface area contributed by atoms with Gasteiger partial charge in [-0.05, 0) is 31.4 Å². The number of halogens is 3. The molecular weight excluding hydrogens is 493 g/mol. The molecule has 1 aliphatic carbocycles. The zero-order valence-electron chi connectivity index (χ0n) is 19.4. The van der Waals surface area contributed by atoms with Gasteiger partial charge in [0.15, 0.2) is 17.4 Å². The molecule has 5 rings (SSSR count). The van der Waals surface area contributed by atoms with Crippen molar-refractivity contribution in [1.29, 1.82) is 0 Å². The zero-order valence-corrected chi connectivity index (χ0v) is 19.4. The molecule has 2 N–H and O–H groups in total. The highest BCUT2D eigenvalue weighted by Crippen LogP contribution is 2.26. The molecule has 1 fully saturated rings. The van der Waals surface area contributed by atoms with E-state index in [4.69, 9.17) is 0 Å². The third kappa shape index (κ3) is 4.94. The average molecular weight is 514 g/mol. The first-order valence-corrected chi connectivity index (χ1v) is 11.3. The highest BCUT2D eigenvalue weighted by atomic mass is 19.3. The monoisotopic (exact) mass is 514 g/mol. The first-order chi connectivity index (χ1) is 17.8. The van der Waals surface area contributed by atoms with Crippen molar-refractivity contribution in [2.24, 2.45) is 7.05 Å². The maximum atomic E-state index is 15.0. The van der Waals surface area contributed by atoms with Gasteiger partial charge in [-0.2, -0.15) is 8.78 Å². The molecule has 0 radical (unpaired) electrons. The molecule has 1 aliphatic rings. The molecule has 0 aromatic carbocycles. The minimum absolute atomic E-state index is 0.00165. The van der Waals surface area contributed by atoms with Gasteiger partial charge in [0.2, 0.25) is 5.95 Å². The van der Waals surface area contributed by atoms with Crippen molar-refractivity contribution in [3.8, 4) is 11.4 Å². The van der Waals surface area contributed by atoms with Gasteiger partial charge in [-0.3, -0.25) is 9.36 Å². The first-order valence-electron chi connectivity index (χ1n) is 11.3. The Kier molecular flexibility index (Phi) is 6.46.